The Morgan fingerprint density at radius 1 is 1.08 bits per heavy atom. The molecule has 3 rings (SSSR count). The van der Waals surface area contributed by atoms with Gasteiger partial charge >= 0.3 is 12.1 Å². The van der Waals surface area contributed by atoms with Crippen molar-refractivity contribution in [3.05, 3.63) is 62.5 Å². The van der Waals surface area contributed by atoms with Crippen LogP contribution in [0.3, 0.4) is 0 Å². The van der Waals surface area contributed by atoms with Crippen LogP contribution in [0.15, 0.2) is 47.8 Å². The average Bonchev–Trinajstić information content (AvgIpc) is 3.22. The highest BCUT2D eigenvalue weighted by molar-refractivity contribution is 7.15. The largest absolute Gasteiger partial charge is 0.477 e. The Morgan fingerprint density at radius 2 is 1.77 bits per heavy atom. The third-order valence-electron chi connectivity index (χ3n) is 3.41. The SMILES string of the molecule is O=C(Nc1ccsc1C(=O)O)c1cc(-c2ccccc2)c(C(F)(F)F)s1. The van der Waals surface area contributed by atoms with E-state index in [1.807, 2.05) is 0 Å². The number of alkyl halides is 3. The molecule has 4 nitrogen and oxygen atoms in total. The van der Waals surface area contributed by atoms with Crippen molar-refractivity contribution in [3.63, 3.8) is 0 Å². The number of carbonyl (C=O) groups is 2. The Kier molecular flexibility index (Phi) is 4.84. The topological polar surface area (TPSA) is 66.4 Å². The number of thiophene rings is 2. The lowest BCUT2D eigenvalue weighted by Gasteiger charge is -2.07. The first kappa shape index (κ1) is 18.2. The van der Waals surface area contributed by atoms with E-state index in [1.54, 1.807) is 18.2 Å². The van der Waals surface area contributed by atoms with Crippen molar-refractivity contribution in [1.29, 1.82) is 0 Å². The molecule has 3 aromatic rings. The van der Waals surface area contributed by atoms with Gasteiger partial charge in [0.1, 0.15) is 9.75 Å². The Labute approximate surface area is 153 Å². The third kappa shape index (κ3) is 3.63. The standard InChI is InChI=1S/C17H10F3NO3S2/c18-17(19,20)14-10(9-4-2-1-3-5-9)8-12(26-14)15(22)21-11-6-7-25-13(11)16(23)24/h1-8H,(H,21,22)(H,23,24). The van der Waals surface area contributed by atoms with E-state index in [9.17, 15) is 22.8 Å². The van der Waals surface area contributed by atoms with Crippen molar-refractivity contribution < 1.29 is 27.9 Å². The second kappa shape index (κ2) is 6.93. The van der Waals surface area contributed by atoms with Crippen molar-refractivity contribution >= 4 is 40.2 Å². The summed E-state index contributed by atoms with van der Waals surface area (Å²) in [5.74, 6) is -2.01. The van der Waals surface area contributed by atoms with E-state index >= 15 is 0 Å². The van der Waals surface area contributed by atoms with E-state index in [4.69, 9.17) is 5.11 Å². The van der Waals surface area contributed by atoms with Crippen molar-refractivity contribution in [1.82, 2.24) is 0 Å². The lowest BCUT2D eigenvalue weighted by atomic mass is 10.1. The molecule has 0 saturated heterocycles. The number of carbonyl (C=O) groups excluding carboxylic acids is 1. The van der Waals surface area contributed by atoms with Gasteiger partial charge in [-0.3, -0.25) is 4.79 Å². The van der Waals surface area contributed by atoms with Crippen molar-refractivity contribution in [2.24, 2.45) is 0 Å². The summed E-state index contributed by atoms with van der Waals surface area (Å²) in [6.07, 6.45) is -4.61. The fraction of sp³-hybridized carbons (Fsp3) is 0.0588. The number of rotatable bonds is 4. The van der Waals surface area contributed by atoms with Crippen molar-refractivity contribution in [2.75, 3.05) is 5.32 Å². The molecule has 134 valence electrons. The first-order valence-corrected chi connectivity index (χ1v) is 8.85. The van der Waals surface area contributed by atoms with Crippen LogP contribution < -0.4 is 5.32 Å². The van der Waals surface area contributed by atoms with Gasteiger partial charge in [0.25, 0.3) is 5.91 Å². The molecule has 2 heterocycles. The van der Waals surface area contributed by atoms with E-state index in [-0.39, 0.29) is 21.0 Å². The molecule has 0 unspecified atom stereocenters. The van der Waals surface area contributed by atoms with Crippen molar-refractivity contribution in [2.45, 2.75) is 6.18 Å². The van der Waals surface area contributed by atoms with Crippen LogP contribution in [0, 0.1) is 0 Å². The van der Waals surface area contributed by atoms with Gasteiger partial charge in [-0.2, -0.15) is 13.2 Å². The summed E-state index contributed by atoms with van der Waals surface area (Å²) in [6.45, 7) is 0. The molecule has 2 aromatic heterocycles. The number of nitrogens with one attached hydrogen (secondary N) is 1. The van der Waals surface area contributed by atoms with E-state index in [0.29, 0.717) is 16.9 Å². The van der Waals surface area contributed by atoms with Gasteiger partial charge in [-0.05, 0) is 23.1 Å². The van der Waals surface area contributed by atoms with E-state index in [2.05, 4.69) is 5.32 Å². The minimum Gasteiger partial charge on any atom is -0.477 e. The average molecular weight is 397 g/mol. The highest BCUT2D eigenvalue weighted by Gasteiger charge is 2.37. The van der Waals surface area contributed by atoms with Crippen LogP contribution in [0.25, 0.3) is 11.1 Å². The Hall–Kier alpha value is -2.65. The van der Waals surface area contributed by atoms with Gasteiger partial charge in [-0.15, -0.1) is 22.7 Å². The normalized spacial score (nSPS) is 11.3. The van der Waals surface area contributed by atoms with Crippen molar-refractivity contribution in [3.8, 4) is 11.1 Å². The molecule has 26 heavy (non-hydrogen) atoms. The second-order valence-electron chi connectivity index (χ2n) is 5.14. The van der Waals surface area contributed by atoms with Crippen LogP contribution in [-0.4, -0.2) is 17.0 Å². The number of aromatic carboxylic acids is 1. The maximum absolute atomic E-state index is 13.4. The Balaban J connectivity index is 1.98. The molecule has 0 atom stereocenters. The van der Waals surface area contributed by atoms with Crippen LogP contribution in [0.5, 0.6) is 0 Å². The number of hydrogen-bond acceptors (Lipinski definition) is 4. The molecule has 1 amide bonds. The molecule has 0 aliphatic rings. The number of amides is 1. The molecular weight excluding hydrogens is 387 g/mol. The number of anilines is 1. The molecular formula is C17H10F3NO3S2. The van der Waals surface area contributed by atoms with Gasteiger partial charge < -0.3 is 10.4 Å². The summed E-state index contributed by atoms with van der Waals surface area (Å²) in [5.41, 5.74) is 0.310. The first-order valence-electron chi connectivity index (χ1n) is 7.16. The van der Waals surface area contributed by atoms with E-state index < -0.39 is 22.9 Å². The number of carboxylic acid groups (broad SMARTS) is 1. The van der Waals surface area contributed by atoms with Gasteiger partial charge in [-0.1, -0.05) is 30.3 Å². The van der Waals surface area contributed by atoms with Crippen LogP contribution in [0.4, 0.5) is 18.9 Å². The predicted molar refractivity (Wildman–Crippen MR) is 94.0 cm³/mol. The van der Waals surface area contributed by atoms with Crippen LogP contribution in [0.2, 0.25) is 0 Å². The molecule has 2 N–H and O–H groups in total. The van der Waals surface area contributed by atoms with Crippen LogP contribution in [0.1, 0.15) is 24.2 Å². The highest BCUT2D eigenvalue weighted by atomic mass is 32.1. The number of benzene rings is 1. The highest BCUT2D eigenvalue weighted by Crippen LogP contribution is 2.43. The lowest BCUT2D eigenvalue weighted by molar-refractivity contribution is -0.133. The minimum absolute atomic E-state index is 0.0516. The van der Waals surface area contributed by atoms with E-state index in [0.717, 1.165) is 11.3 Å². The molecule has 0 radical (unpaired) electrons. The number of halogens is 3. The molecule has 0 saturated carbocycles. The van der Waals surface area contributed by atoms with Gasteiger partial charge in [0, 0.05) is 5.56 Å². The molecule has 9 heteroatoms. The monoisotopic (exact) mass is 397 g/mol. The summed E-state index contributed by atoms with van der Waals surface area (Å²) < 4.78 is 40.1. The fourth-order valence-corrected chi connectivity index (χ4v) is 3.93. The zero-order valence-corrected chi connectivity index (χ0v) is 14.5. The predicted octanol–water partition coefficient (Wildman–Crippen LogP) is 5.45. The second-order valence-corrected chi connectivity index (χ2v) is 7.11. The van der Waals surface area contributed by atoms with Gasteiger partial charge in [0.2, 0.25) is 0 Å². The molecule has 0 spiro atoms. The van der Waals surface area contributed by atoms with Crippen LogP contribution >= 0.6 is 22.7 Å². The summed E-state index contributed by atoms with van der Waals surface area (Å²) in [6, 6.07) is 10.5. The zero-order chi connectivity index (χ0) is 18.9. The fourth-order valence-electron chi connectivity index (χ4n) is 2.30. The maximum Gasteiger partial charge on any atom is 0.426 e. The quantitative estimate of drug-likeness (QED) is 0.616. The summed E-state index contributed by atoms with van der Waals surface area (Å²) in [4.78, 5) is 22.3. The maximum atomic E-state index is 13.4. The summed E-state index contributed by atoms with van der Waals surface area (Å²) in [5, 5.41) is 12.9. The third-order valence-corrected chi connectivity index (χ3v) is 5.49. The zero-order valence-electron chi connectivity index (χ0n) is 12.8. The van der Waals surface area contributed by atoms with Crippen LogP contribution in [-0.2, 0) is 6.18 Å². The van der Waals surface area contributed by atoms with Gasteiger partial charge in [0.05, 0.1) is 10.6 Å². The Bertz CT molecular complexity index is 961. The summed E-state index contributed by atoms with van der Waals surface area (Å²) >= 11 is 1.24. The molecule has 0 aliphatic heterocycles. The molecule has 1 aromatic carbocycles. The van der Waals surface area contributed by atoms with Gasteiger partial charge in [-0.25, -0.2) is 4.79 Å². The molecule has 0 bridgehead atoms. The summed E-state index contributed by atoms with van der Waals surface area (Å²) in [7, 11) is 0. The first-order chi connectivity index (χ1) is 12.3. The molecule has 0 aliphatic carbocycles. The van der Waals surface area contributed by atoms with E-state index in [1.165, 1.54) is 29.6 Å². The minimum atomic E-state index is -4.61. The molecule has 0 fully saturated rings. The smallest absolute Gasteiger partial charge is 0.426 e. The number of carboxylic acids is 1. The van der Waals surface area contributed by atoms with Gasteiger partial charge in [0.15, 0.2) is 0 Å². The Morgan fingerprint density at radius 3 is 2.38 bits per heavy atom. The number of hydrogen-bond donors (Lipinski definition) is 2. The lowest BCUT2D eigenvalue weighted by Crippen LogP contribution is -2.12.